The molecule has 20 heavy (non-hydrogen) atoms. The van der Waals surface area contributed by atoms with E-state index < -0.39 is 5.97 Å². The first-order chi connectivity index (χ1) is 9.69. The summed E-state index contributed by atoms with van der Waals surface area (Å²) in [4.78, 5) is 10.6. The van der Waals surface area contributed by atoms with Crippen LogP contribution < -0.4 is 4.74 Å². The van der Waals surface area contributed by atoms with Crippen LogP contribution in [0.25, 0.3) is 0 Å². The molecule has 0 saturated heterocycles. The third-order valence-corrected chi connectivity index (χ3v) is 2.81. The van der Waals surface area contributed by atoms with Crippen LogP contribution in [0.2, 0.25) is 0 Å². The van der Waals surface area contributed by atoms with Gasteiger partial charge in [-0.05, 0) is 23.8 Å². The van der Waals surface area contributed by atoms with E-state index in [0.29, 0.717) is 17.9 Å². The number of hydrogen-bond acceptors (Lipinski definition) is 3. The lowest BCUT2D eigenvalue weighted by atomic mass is 10.1. The number of nitrogens with zero attached hydrogens (tertiary/aromatic N) is 1. The third-order valence-electron chi connectivity index (χ3n) is 2.81. The number of nitriles is 1. The van der Waals surface area contributed by atoms with Crippen molar-refractivity contribution in [2.75, 3.05) is 0 Å². The molecule has 0 heterocycles. The van der Waals surface area contributed by atoms with Crippen molar-refractivity contribution in [3.63, 3.8) is 0 Å². The molecule has 0 bridgehead atoms. The summed E-state index contributed by atoms with van der Waals surface area (Å²) in [6.45, 7) is 0.308. The van der Waals surface area contributed by atoms with Gasteiger partial charge in [0.2, 0.25) is 0 Å². The van der Waals surface area contributed by atoms with Gasteiger partial charge in [-0.25, -0.2) is 0 Å². The summed E-state index contributed by atoms with van der Waals surface area (Å²) in [7, 11) is 0. The van der Waals surface area contributed by atoms with Gasteiger partial charge < -0.3 is 9.84 Å². The number of carboxylic acids is 1. The molecule has 2 rings (SSSR count). The highest BCUT2D eigenvalue weighted by molar-refractivity contribution is 5.70. The van der Waals surface area contributed by atoms with Crippen molar-refractivity contribution in [2.24, 2.45) is 0 Å². The summed E-state index contributed by atoms with van der Waals surface area (Å²) in [6.07, 6.45) is -0.00243. The first kappa shape index (κ1) is 13.6. The number of rotatable bonds is 5. The van der Waals surface area contributed by atoms with Gasteiger partial charge in [0.25, 0.3) is 0 Å². The van der Waals surface area contributed by atoms with Crippen LogP contribution >= 0.6 is 0 Å². The molecule has 2 aromatic rings. The molecule has 0 unspecified atom stereocenters. The van der Waals surface area contributed by atoms with Crippen LogP contribution in [-0.4, -0.2) is 11.1 Å². The first-order valence-corrected chi connectivity index (χ1v) is 6.10. The Morgan fingerprint density at radius 1 is 1.15 bits per heavy atom. The van der Waals surface area contributed by atoms with E-state index in [0.717, 1.165) is 11.1 Å². The van der Waals surface area contributed by atoms with Crippen LogP contribution in [0.4, 0.5) is 0 Å². The zero-order valence-corrected chi connectivity index (χ0v) is 10.7. The number of aliphatic carboxylic acids is 1. The molecule has 4 nitrogen and oxygen atoms in total. The Hall–Kier alpha value is -2.80. The van der Waals surface area contributed by atoms with Crippen molar-refractivity contribution in [2.45, 2.75) is 13.0 Å². The quantitative estimate of drug-likeness (QED) is 0.904. The predicted molar refractivity (Wildman–Crippen MR) is 73.3 cm³/mol. The monoisotopic (exact) mass is 267 g/mol. The second-order valence-corrected chi connectivity index (χ2v) is 4.27. The van der Waals surface area contributed by atoms with E-state index in [1.54, 1.807) is 30.3 Å². The van der Waals surface area contributed by atoms with Gasteiger partial charge in [-0.15, -0.1) is 0 Å². The van der Waals surface area contributed by atoms with Crippen LogP contribution in [0.5, 0.6) is 5.75 Å². The van der Waals surface area contributed by atoms with Crippen LogP contribution in [0, 0.1) is 11.3 Å². The van der Waals surface area contributed by atoms with Gasteiger partial charge in [0.05, 0.1) is 18.1 Å². The topological polar surface area (TPSA) is 70.3 Å². The van der Waals surface area contributed by atoms with Gasteiger partial charge in [-0.2, -0.15) is 5.26 Å². The molecular formula is C16H13NO3. The highest BCUT2D eigenvalue weighted by Gasteiger charge is 2.03. The summed E-state index contributed by atoms with van der Waals surface area (Å²) in [6, 6.07) is 16.3. The number of carboxylic acid groups (broad SMARTS) is 1. The second-order valence-electron chi connectivity index (χ2n) is 4.27. The summed E-state index contributed by atoms with van der Waals surface area (Å²) in [5.41, 5.74) is 2.14. The van der Waals surface area contributed by atoms with Crippen molar-refractivity contribution in [3.05, 3.63) is 65.2 Å². The van der Waals surface area contributed by atoms with Gasteiger partial charge in [0.15, 0.2) is 0 Å². The maximum Gasteiger partial charge on any atom is 0.307 e. The van der Waals surface area contributed by atoms with Gasteiger partial charge in [-0.3, -0.25) is 4.79 Å². The molecule has 0 spiro atoms. The lowest BCUT2D eigenvalue weighted by molar-refractivity contribution is -0.136. The third kappa shape index (κ3) is 3.59. The Labute approximate surface area is 116 Å². The number of hydrogen-bond donors (Lipinski definition) is 1. The van der Waals surface area contributed by atoms with Crippen molar-refractivity contribution in [3.8, 4) is 11.8 Å². The van der Waals surface area contributed by atoms with Gasteiger partial charge in [0.1, 0.15) is 12.4 Å². The van der Waals surface area contributed by atoms with Crippen molar-refractivity contribution in [1.82, 2.24) is 0 Å². The summed E-state index contributed by atoms with van der Waals surface area (Å²) >= 11 is 0. The molecule has 0 saturated carbocycles. The molecule has 4 heteroatoms. The van der Waals surface area contributed by atoms with Crippen LogP contribution in [0.15, 0.2) is 48.5 Å². The van der Waals surface area contributed by atoms with E-state index in [-0.39, 0.29) is 6.42 Å². The molecule has 0 aromatic heterocycles. The fourth-order valence-electron chi connectivity index (χ4n) is 1.79. The van der Waals surface area contributed by atoms with Crippen LogP contribution in [-0.2, 0) is 17.8 Å². The zero-order chi connectivity index (χ0) is 14.4. The minimum absolute atomic E-state index is 0.00243. The summed E-state index contributed by atoms with van der Waals surface area (Å²) in [5.74, 6) is -0.214. The van der Waals surface area contributed by atoms with Crippen molar-refractivity contribution in [1.29, 1.82) is 5.26 Å². The summed E-state index contributed by atoms with van der Waals surface area (Å²) < 4.78 is 5.60. The molecule has 0 aliphatic rings. The molecule has 0 fully saturated rings. The minimum Gasteiger partial charge on any atom is -0.489 e. The van der Waals surface area contributed by atoms with E-state index in [4.69, 9.17) is 15.1 Å². The SMILES string of the molecule is N#Cc1ccccc1COc1ccc(CC(=O)O)cc1. The number of benzene rings is 2. The smallest absolute Gasteiger partial charge is 0.307 e. The first-order valence-electron chi connectivity index (χ1n) is 6.10. The van der Waals surface area contributed by atoms with Crippen LogP contribution in [0.1, 0.15) is 16.7 Å². The number of ether oxygens (including phenoxy) is 1. The zero-order valence-electron chi connectivity index (χ0n) is 10.7. The normalized spacial score (nSPS) is 9.75. The molecule has 0 amide bonds. The van der Waals surface area contributed by atoms with Crippen LogP contribution in [0.3, 0.4) is 0 Å². The Balaban J connectivity index is 2.01. The van der Waals surface area contributed by atoms with Crippen molar-refractivity contribution >= 4 is 5.97 Å². The number of carbonyl (C=O) groups is 1. The average Bonchev–Trinajstić information content (AvgIpc) is 2.46. The molecular weight excluding hydrogens is 254 g/mol. The summed E-state index contributed by atoms with van der Waals surface area (Å²) in [5, 5.41) is 17.7. The van der Waals surface area contributed by atoms with Gasteiger partial charge in [-0.1, -0.05) is 30.3 Å². The fraction of sp³-hybridized carbons (Fsp3) is 0.125. The average molecular weight is 267 g/mol. The second kappa shape index (κ2) is 6.39. The predicted octanol–water partition coefficient (Wildman–Crippen LogP) is 2.76. The van der Waals surface area contributed by atoms with E-state index in [2.05, 4.69) is 6.07 Å². The van der Waals surface area contributed by atoms with E-state index in [9.17, 15) is 4.79 Å². The van der Waals surface area contributed by atoms with Crippen molar-refractivity contribution < 1.29 is 14.6 Å². The Kier molecular flexibility index (Phi) is 4.35. The van der Waals surface area contributed by atoms with E-state index in [1.165, 1.54) is 0 Å². The molecule has 2 aromatic carbocycles. The molecule has 100 valence electrons. The fourth-order valence-corrected chi connectivity index (χ4v) is 1.79. The largest absolute Gasteiger partial charge is 0.489 e. The molecule has 0 radical (unpaired) electrons. The molecule has 1 N–H and O–H groups in total. The Morgan fingerprint density at radius 2 is 1.85 bits per heavy atom. The van der Waals surface area contributed by atoms with E-state index >= 15 is 0 Å². The highest BCUT2D eigenvalue weighted by atomic mass is 16.5. The van der Waals surface area contributed by atoms with Gasteiger partial charge >= 0.3 is 5.97 Å². The molecule has 0 aliphatic heterocycles. The molecule has 0 aliphatic carbocycles. The minimum atomic E-state index is -0.860. The standard InChI is InChI=1S/C16H13NO3/c17-10-13-3-1-2-4-14(13)11-20-15-7-5-12(6-8-15)9-16(18)19/h1-8H,9,11H2,(H,18,19). The lowest BCUT2D eigenvalue weighted by Gasteiger charge is -2.08. The van der Waals surface area contributed by atoms with E-state index in [1.807, 2.05) is 18.2 Å². The maximum atomic E-state index is 10.6. The van der Waals surface area contributed by atoms with Gasteiger partial charge in [0, 0.05) is 5.56 Å². The molecule has 0 atom stereocenters. The maximum absolute atomic E-state index is 10.6. The Bertz CT molecular complexity index is 642. The lowest BCUT2D eigenvalue weighted by Crippen LogP contribution is -2.00. The Morgan fingerprint density at radius 3 is 2.50 bits per heavy atom. The highest BCUT2D eigenvalue weighted by Crippen LogP contribution is 2.16.